The van der Waals surface area contributed by atoms with Crippen molar-refractivity contribution >= 4 is 11.9 Å². The van der Waals surface area contributed by atoms with Gasteiger partial charge in [0, 0.05) is 38.6 Å². The van der Waals surface area contributed by atoms with E-state index in [4.69, 9.17) is 0 Å². The molecule has 1 aromatic rings. The molecule has 1 aromatic heterocycles. The van der Waals surface area contributed by atoms with Crippen LogP contribution in [0.3, 0.4) is 0 Å². The molecule has 0 aromatic carbocycles. The van der Waals surface area contributed by atoms with E-state index >= 15 is 0 Å². The predicted molar refractivity (Wildman–Crippen MR) is 71.8 cm³/mol. The molecule has 102 valence electrons. The van der Waals surface area contributed by atoms with Gasteiger partial charge in [-0.25, -0.2) is 9.97 Å². The fraction of sp³-hybridized carbons (Fsp3) is 0.615. The van der Waals surface area contributed by atoms with Crippen LogP contribution in [0.1, 0.15) is 12.8 Å². The predicted octanol–water partition coefficient (Wildman–Crippen LogP) is -0.123. The van der Waals surface area contributed by atoms with E-state index in [2.05, 4.69) is 20.2 Å². The Bertz CT molecular complexity index is 424. The summed E-state index contributed by atoms with van der Waals surface area (Å²) in [6, 6.07) is 1.86. The zero-order valence-electron chi connectivity index (χ0n) is 11.0. The minimum Gasteiger partial charge on any atom is -0.338 e. The molecule has 3 heterocycles. The van der Waals surface area contributed by atoms with Crippen molar-refractivity contribution in [3.63, 3.8) is 0 Å². The lowest BCUT2D eigenvalue weighted by Crippen LogP contribution is -2.53. The third-order valence-corrected chi connectivity index (χ3v) is 3.78. The number of carbonyl (C=O) groups is 1. The van der Waals surface area contributed by atoms with Crippen molar-refractivity contribution in [3.05, 3.63) is 18.5 Å². The summed E-state index contributed by atoms with van der Waals surface area (Å²) in [4.78, 5) is 24.8. The van der Waals surface area contributed by atoms with Crippen LogP contribution >= 0.6 is 0 Å². The van der Waals surface area contributed by atoms with E-state index in [9.17, 15) is 4.79 Å². The molecule has 3 rings (SSSR count). The van der Waals surface area contributed by atoms with Crippen molar-refractivity contribution in [2.45, 2.75) is 18.9 Å². The normalized spacial score (nSPS) is 23.7. The van der Waals surface area contributed by atoms with E-state index < -0.39 is 0 Å². The van der Waals surface area contributed by atoms with Crippen molar-refractivity contribution in [1.82, 2.24) is 20.2 Å². The molecule has 0 radical (unpaired) electrons. The van der Waals surface area contributed by atoms with E-state index in [0.29, 0.717) is 0 Å². The molecular weight excluding hydrogens is 242 g/mol. The van der Waals surface area contributed by atoms with Crippen LogP contribution in [-0.4, -0.2) is 59.5 Å². The number of anilines is 1. The highest BCUT2D eigenvalue weighted by Crippen LogP contribution is 2.13. The number of hydrogen-bond acceptors (Lipinski definition) is 5. The fourth-order valence-electron chi connectivity index (χ4n) is 2.70. The number of piperazine rings is 1. The number of carbonyl (C=O) groups excluding carboxylic acids is 1. The van der Waals surface area contributed by atoms with Gasteiger partial charge in [-0.2, -0.15) is 0 Å². The third kappa shape index (κ3) is 2.68. The Balaban J connectivity index is 1.56. The van der Waals surface area contributed by atoms with Gasteiger partial charge in [0.05, 0.1) is 6.04 Å². The standard InChI is InChI=1S/C13H19N5O/c19-12(11-3-1-4-14-11)17-7-9-18(10-8-17)13-15-5-2-6-16-13/h2,5-6,11,14H,1,3-4,7-10H2/t11-/m0/s1. The Morgan fingerprint density at radius 2 is 1.95 bits per heavy atom. The minimum atomic E-state index is 0.0412. The van der Waals surface area contributed by atoms with Crippen LogP contribution in [0.25, 0.3) is 0 Å². The molecule has 2 fully saturated rings. The summed E-state index contributed by atoms with van der Waals surface area (Å²) < 4.78 is 0. The monoisotopic (exact) mass is 261 g/mol. The Labute approximate surface area is 112 Å². The highest BCUT2D eigenvalue weighted by Gasteiger charge is 2.29. The van der Waals surface area contributed by atoms with Crippen molar-refractivity contribution in [1.29, 1.82) is 0 Å². The number of hydrogen-bond donors (Lipinski definition) is 1. The first kappa shape index (κ1) is 12.3. The Morgan fingerprint density at radius 1 is 1.21 bits per heavy atom. The molecule has 19 heavy (non-hydrogen) atoms. The number of aromatic nitrogens is 2. The van der Waals surface area contributed by atoms with Gasteiger partial charge < -0.3 is 15.1 Å². The number of amides is 1. The second kappa shape index (κ2) is 5.52. The van der Waals surface area contributed by atoms with Gasteiger partial charge in [0.15, 0.2) is 0 Å². The zero-order valence-corrected chi connectivity index (χ0v) is 11.0. The lowest BCUT2D eigenvalue weighted by atomic mass is 10.2. The van der Waals surface area contributed by atoms with Crippen LogP contribution < -0.4 is 10.2 Å². The minimum absolute atomic E-state index is 0.0412. The molecule has 2 aliphatic rings. The summed E-state index contributed by atoms with van der Waals surface area (Å²) in [7, 11) is 0. The SMILES string of the molecule is O=C([C@@H]1CCCN1)N1CCN(c2ncccn2)CC1. The first-order chi connectivity index (χ1) is 9.34. The van der Waals surface area contributed by atoms with Crippen molar-refractivity contribution < 1.29 is 4.79 Å². The molecule has 0 aliphatic carbocycles. The summed E-state index contributed by atoms with van der Waals surface area (Å²) in [6.45, 7) is 4.10. The summed E-state index contributed by atoms with van der Waals surface area (Å²) in [5.41, 5.74) is 0. The highest BCUT2D eigenvalue weighted by atomic mass is 16.2. The molecule has 0 saturated carbocycles. The number of nitrogens with zero attached hydrogens (tertiary/aromatic N) is 4. The van der Waals surface area contributed by atoms with Crippen molar-refractivity contribution in [3.8, 4) is 0 Å². The van der Waals surface area contributed by atoms with E-state index in [1.165, 1.54) is 0 Å². The maximum absolute atomic E-state index is 12.3. The maximum Gasteiger partial charge on any atom is 0.239 e. The lowest BCUT2D eigenvalue weighted by molar-refractivity contribution is -0.133. The van der Waals surface area contributed by atoms with Gasteiger partial charge in [0.25, 0.3) is 0 Å². The summed E-state index contributed by atoms with van der Waals surface area (Å²) >= 11 is 0. The molecule has 0 unspecified atom stereocenters. The molecule has 6 heteroatoms. The number of nitrogens with one attached hydrogen (secondary N) is 1. The molecule has 0 bridgehead atoms. The molecule has 1 N–H and O–H groups in total. The van der Waals surface area contributed by atoms with Crippen LogP contribution in [0.5, 0.6) is 0 Å². The van der Waals surface area contributed by atoms with Gasteiger partial charge in [-0.3, -0.25) is 4.79 Å². The molecule has 6 nitrogen and oxygen atoms in total. The maximum atomic E-state index is 12.3. The highest BCUT2D eigenvalue weighted by molar-refractivity contribution is 5.82. The first-order valence-corrected chi connectivity index (χ1v) is 6.89. The van der Waals surface area contributed by atoms with E-state index in [0.717, 1.165) is 51.5 Å². The van der Waals surface area contributed by atoms with Gasteiger partial charge in [-0.05, 0) is 25.5 Å². The topological polar surface area (TPSA) is 61.4 Å². The molecule has 1 atom stereocenters. The smallest absolute Gasteiger partial charge is 0.239 e. The molecule has 0 spiro atoms. The van der Waals surface area contributed by atoms with Crippen LogP contribution in [0.2, 0.25) is 0 Å². The zero-order chi connectivity index (χ0) is 13.1. The lowest BCUT2D eigenvalue weighted by Gasteiger charge is -2.35. The van der Waals surface area contributed by atoms with E-state index in [1.54, 1.807) is 12.4 Å². The van der Waals surface area contributed by atoms with Gasteiger partial charge in [0.1, 0.15) is 0 Å². The van der Waals surface area contributed by atoms with Crippen molar-refractivity contribution in [2.75, 3.05) is 37.6 Å². The van der Waals surface area contributed by atoms with Crippen LogP contribution in [0, 0.1) is 0 Å². The van der Waals surface area contributed by atoms with Crippen LogP contribution in [0.15, 0.2) is 18.5 Å². The number of rotatable bonds is 2. The quantitative estimate of drug-likeness (QED) is 0.804. The third-order valence-electron chi connectivity index (χ3n) is 3.78. The molecular formula is C13H19N5O. The Morgan fingerprint density at radius 3 is 2.58 bits per heavy atom. The average molecular weight is 261 g/mol. The van der Waals surface area contributed by atoms with E-state index in [1.807, 2.05) is 11.0 Å². The Hall–Kier alpha value is -1.69. The van der Waals surface area contributed by atoms with Gasteiger partial charge in [-0.1, -0.05) is 0 Å². The largest absolute Gasteiger partial charge is 0.338 e. The van der Waals surface area contributed by atoms with Crippen LogP contribution in [0.4, 0.5) is 5.95 Å². The second-order valence-electron chi connectivity index (χ2n) is 5.01. The van der Waals surface area contributed by atoms with Gasteiger partial charge in [-0.15, -0.1) is 0 Å². The average Bonchev–Trinajstić information content (AvgIpc) is 3.02. The summed E-state index contributed by atoms with van der Waals surface area (Å²) in [5.74, 6) is 1.01. The fourth-order valence-corrected chi connectivity index (χ4v) is 2.70. The van der Waals surface area contributed by atoms with Gasteiger partial charge >= 0.3 is 0 Å². The molecule has 1 amide bonds. The molecule has 2 saturated heterocycles. The van der Waals surface area contributed by atoms with Crippen LogP contribution in [-0.2, 0) is 4.79 Å². The molecule has 2 aliphatic heterocycles. The van der Waals surface area contributed by atoms with Crippen molar-refractivity contribution in [2.24, 2.45) is 0 Å². The second-order valence-corrected chi connectivity index (χ2v) is 5.01. The van der Waals surface area contributed by atoms with Gasteiger partial charge in [0.2, 0.25) is 11.9 Å². The Kier molecular flexibility index (Phi) is 3.59. The first-order valence-electron chi connectivity index (χ1n) is 6.89. The summed E-state index contributed by atoms with van der Waals surface area (Å²) in [6.07, 6.45) is 5.58. The van der Waals surface area contributed by atoms with E-state index in [-0.39, 0.29) is 11.9 Å². The summed E-state index contributed by atoms with van der Waals surface area (Å²) in [5, 5.41) is 3.27.